The van der Waals surface area contributed by atoms with Crippen molar-refractivity contribution < 1.29 is 4.79 Å². The highest BCUT2D eigenvalue weighted by molar-refractivity contribution is 5.86. The number of Topliss-reactive ketones (excluding diaryl/α,β-unsaturated/α-hetero) is 1. The van der Waals surface area contributed by atoms with Crippen LogP contribution in [0.2, 0.25) is 0 Å². The molecule has 0 saturated heterocycles. The minimum Gasteiger partial charge on any atom is -0.303 e. The van der Waals surface area contributed by atoms with Crippen molar-refractivity contribution in [3.8, 4) is 0 Å². The molecule has 2 heterocycles. The van der Waals surface area contributed by atoms with Crippen LogP contribution in [-0.2, 0) is 24.2 Å². The number of carbonyl (C=O) groups is 1. The summed E-state index contributed by atoms with van der Waals surface area (Å²) < 4.78 is 1.90. The molecule has 1 unspecified atom stereocenters. The average Bonchev–Trinajstić information content (AvgIpc) is 2.95. The molecule has 0 amide bonds. The van der Waals surface area contributed by atoms with E-state index in [2.05, 4.69) is 36.4 Å². The molecular weight excluding hydrogens is 262 g/mol. The number of nitrogens with zero attached hydrogens (tertiary/aromatic N) is 2. The second-order valence-corrected chi connectivity index (χ2v) is 5.93. The Hall–Kier alpha value is -1.94. The average molecular weight is 283 g/mol. The molecule has 2 aromatic rings. The predicted molar refractivity (Wildman–Crippen MR) is 82.1 cm³/mol. The highest BCUT2D eigenvalue weighted by Gasteiger charge is 2.24. The summed E-state index contributed by atoms with van der Waals surface area (Å²) in [6.45, 7) is 4.93. The van der Waals surface area contributed by atoms with E-state index in [0.717, 1.165) is 18.7 Å². The van der Waals surface area contributed by atoms with Gasteiger partial charge in [0.15, 0.2) is 5.78 Å². The third kappa shape index (κ3) is 3.05. The minimum absolute atomic E-state index is 0.0934. The second kappa shape index (κ2) is 5.82. The van der Waals surface area contributed by atoms with Gasteiger partial charge in [0.1, 0.15) is 0 Å². The Balaban J connectivity index is 1.66. The monoisotopic (exact) mass is 283 g/mol. The summed E-state index contributed by atoms with van der Waals surface area (Å²) in [5.41, 5.74) is 3.43. The van der Waals surface area contributed by atoms with Crippen molar-refractivity contribution in [3.63, 3.8) is 0 Å². The van der Waals surface area contributed by atoms with Gasteiger partial charge in [0.25, 0.3) is 0 Å². The number of ketones is 1. The highest BCUT2D eigenvalue weighted by atomic mass is 16.1. The van der Waals surface area contributed by atoms with E-state index in [4.69, 9.17) is 0 Å². The highest BCUT2D eigenvalue weighted by Crippen LogP contribution is 2.17. The number of carbonyl (C=O) groups excluding carboxylic acids is 1. The molecule has 1 aromatic heterocycles. The first-order valence-corrected chi connectivity index (χ1v) is 7.50. The van der Waals surface area contributed by atoms with Crippen LogP contribution in [0.1, 0.15) is 36.7 Å². The van der Waals surface area contributed by atoms with Gasteiger partial charge in [-0.25, -0.2) is 0 Å². The largest absolute Gasteiger partial charge is 0.303 e. The predicted octanol–water partition coefficient (Wildman–Crippen LogP) is 2.29. The Kier molecular flexibility index (Phi) is 3.88. The van der Waals surface area contributed by atoms with Crippen LogP contribution in [0, 0.1) is 0 Å². The molecule has 0 fully saturated rings. The van der Waals surface area contributed by atoms with Crippen molar-refractivity contribution in [2.75, 3.05) is 0 Å². The standard InChI is InChI=1S/C17H21N3O/c1-12(2)20-8-7-15(19-20)10-17(21)16-9-13-5-3-4-6-14(13)11-18-16/h3-8,12,16,18H,9-11H2,1-2H3. The lowest BCUT2D eigenvalue weighted by Crippen LogP contribution is -2.42. The molecule has 4 heteroatoms. The van der Waals surface area contributed by atoms with Gasteiger partial charge in [-0.1, -0.05) is 24.3 Å². The number of fused-ring (bicyclic) bond motifs is 1. The van der Waals surface area contributed by atoms with Gasteiger partial charge in [-0.2, -0.15) is 5.10 Å². The van der Waals surface area contributed by atoms with Gasteiger partial charge in [0.2, 0.25) is 0 Å². The maximum atomic E-state index is 12.4. The van der Waals surface area contributed by atoms with Crippen molar-refractivity contribution in [3.05, 3.63) is 53.3 Å². The topological polar surface area (TPSA) is 46.9 Å². The fourth-order valence-corrected chi connectivity index (χ4v) is 2.74. The molecule has 110 valence electrons. The van der Waals surface area contributed by atoms with Crippen molar-refractivity contribution in [2.24, 2.45) is 0 Å². The maximum absolute atomic E-state index is 12.4. The van der Waals surface area contributed by atoms with Gasteiger partial charge < -0.3 is 5.32 Å². The van der Waals surface area contributed by atoms with Gasteiger partial charge in [-0.05, 0) is 37.5 Å². The molecule has 1 N–H and O–H groups in total. The Morgan fingerprint density at radius 2 is 2.10 bits per heavy atom. The lowest BCUT2D eigenvalue weighted by atomic mass is 9.92. The van der Waals surface area contributed by atoms with Crippen molar-refractivity contribution in [1.82, 2.24) is 15.1 Å². The van der Waals surface area contributed by atoms with E-state index in [-0.39, 0.29) is 11.8 Å². The summed E-state index contributed by atoms with van der Waals surface area (Å²) in [6, 6.07) is 10.5. The molecule has 1 aliphatic rings. The fourth-order valence-electron chi connectivity index (χ4n) is 2.74. The number of aromatic nitrogens is 2. The molecule has 21 heavy (non-hydrogen) atoms. The quantitative estimate of drug-likeness (QED) is 0.936. The third-order valence-corrected chi connectivity index (χ3v) is 4.02. The minimum atomic E-state index is -0.0934. The summed E-state index contributed by atoms with van der Waals surface area (Å²) in [6.07, 6.45) is 3.12. The van der Waals surface area contributed by atoms with E-state index < -0.39 is 0 Å². The van der Waals surface area contributed by atoms with Crippen LogP contribution in [0.4, 0.5) is 0 Å². The van der Waals surface area contributed by atoms with E-state index in [1.54, 1.807) is 0 Å². The van der Waals surface area contributed by atoms with Crippen LogP contribution in [0.3, 0.4) is 0 Å². The van der Waals surface area contributed by atoms with Crippen LogP contribution in [0.5, 0.6) is 0 Å². The van der Waals surface area contributed by atoms with Gasteiger partial charge in [0, 0.05) is 18.8 Å². The second-order valence-electron chi connectivity index (χ2n) is 5.93. The first-order valence-electron chi connectivity index (χ1n) is 7.50. The molecule has 0 saturated carbocycles. The zero-order chi connectivity index (χ0) is 14.8. The van der Waals surface area contributed by atoms with Gasteiger partial charge in [-0.3, -0.25) is 9.48 Å². The number of hydrogen-bond acceptors (Lipinski definition) is 3. The molecule has 3 rings (SSSR count). The van der Waals surface area contributed by atoms with Crippen LogP contribution in [0.15, 0.2) is 36.5 Å². The Morgan fingerprint density at radius 1 is 1.33 bits per heavy atom. The SMILES string of the molecule is CC(C)n1ccc(CC(=O)C2Cc3ccccc3CN2)n1. The molecular formula is C17H21N3O. The van der Waals surface area contributed by atoms with E-state index >= 15 is 0 Å². The Bertz CT molecular complexity index is 645. The molecule has 0 bridgehead atoms. The van der Waals surface area contributed by atoms with Gasteiger partial charge >= 0.3 is 0 Å². The summed E-state index contributed by atoms with van der Waals surface area (Å²) in [7, 11) is 0. The zero-order valence-corrected chi connectivity index (χ0v) is 12.5. The lowest BCUT2D eigenvalue weighted by Gasteiger charge is -2.24. The third-order valence-electron chi connectivity index (χ3n) is 4.02. The number of nitrogens with one attached hydrogen (secondary N) is 1. The first-order chi connectivity index (χ1) is 10.1. The fraction of sp³-hybridized carbons (Fsp3) is 0.412. The van der Waals surface area contributed by atoms with Crippen molar-refractivity contribution >= 4 is 5.78 Å². The lowest BCUT2D eigenvalue weighted by molar-refractivity contribution is -0.120. The molecule has 0 aliphatic carbocycles. The van der Waals surface area contributed by atoms with E-state index in [0.29, 0.717) is 12.5 Å². The summed E-state index contributed by atoms with van der Waals surface area (Å²) in [5, 5.41) is 7.80. The van der Waals surface area contributed by atoms with Crippen LogP contribution < -0.4 is 5.32 Å². The smallest absolute Gasteiger partial charge is 0.156 e. The van der Waals surface area contributed by atoms with Crippen LogP contribution >= 0.6 is 0 Å². The number of benzene rings is 1. The summed E-state index contributed by atoms with van der Waals surface area (Å²) in [5.74, 6) is 0.221. The van der Waals surface area contributed by atoms with Crippen LogP contribution in [0.25, 0.3) is 0 Å². The molecule has 1 atom stereocenters. The summed E-state index contributed by atoms with van der Waals surface area (Å²) in [4.78, 5) is 12.4. The molecule has 0 spiro atoms. The van der Waals surface area contributed by atoms with E-state index in [1.807, 2.05) is 29.1 Å². The normalized spacial score (nSPS) is 17.8. The van der Waals surface area contributed by atoms with E-state index in [1.165, 1.54) is 11.1 Å². The number of hydrogen-bond donors (Lipinski definition) is 1. The van der Waals surface area contributed by atoms with Crippen molar-refractivity contribution in [2.45, 2.75) is 45.3 Å². The molecule has 4 nitrogen and oxygen atoms in total. The molecule has 0 radical (unpaired) electrons. The van der Waals surface area contributed by atoms with Gasteiger partial charge in [0.05, 0.1) is 18.2 Å². The first kappa shape index (κ1) is 14.0. The maximum Gasteiger partial charge on any atom is 0.156 e. The Morgan fingerprint density at radius 3 is 2.81 bits per heavy atom. The van der Waals surface area contributed by atoms with Crippen molar-refractivity contribution in [1.29, 1.82) is 0 Å². The Labute approximate surface area is 125 Å². The molecule has 1 aliphatic heterocycles. The summed E-state index contributed by atoms with van der Waals surface area (Å²) >= 11 is 0. The number of rotatable bonds is 4. The zero-order valence-electron chi connectivity index (χ0n) is 12.5. The van der Waals surface area contributed by atoms with Gasteiger partial charge in [-0.15, -0.1) is 0 Å². The van der Waals surface area contributed by atoms with Crippen LogP contribution in [-0.4, -0.2) is 21.6 Å². The molecule has 1 aromatic carbocycles. The van der Waals surface area contributed by atoms with E-state index in [9.17, 15) is 4.79 Å².